The number of esters is 3. The fraction of sp³-hybridized carbons (Fsp3) is 0.500. The van der Waals surface area contributed by atoms with Crippen LogP contribution in [-0.2, 0) is 42.8 Å². The monoisotopic (exact) mass is 943 g/mol. The molecule has 7 N–H and O–H groups in total. The third-order valence-corrected chi connectivity index (χ3v) is 14.9. The summed E-state index contributed by atoms with van der Waals surface area (Å²) in [6.07, 6.45) is -17.8. The van der Waals surface area contributed by atoms with E-state index in [4.69, 9.17) is 28.4 Å². The zero-order chi connectivity index (χ0) is 49.1. The molecule has 15 atom stereocenters. The van der Waals surface area contributed by atoms with Gasteiger partial charge in [-0.25, -0.2) is 9.59 Å². The molecule has 0 aromatic heterocycles. The normalized spacial score (nSPS) is 36.0. The second kappa shape index (κ2) is 18.5. The van der Waals surface area contributed by atoms with Crippen LogP contribution in [0.4, 0.5) is 0 Å². The summed E-state index contributed by atoms with van der Waals surface area (Å²) in [6, 6.07) is 22.7. The Hall–Kier alpha value is -5.41. The summed E-state index contributed by atoms with van der Waals surface area (Å²) >= 11 is 0. The summed E-state index contributed by atoms with van der Waals surface area (Å²) in [4.78, 5) is 71.3. The Bertz CT molecular complexity index is 2430. The van der Waals surface area contributed by atoms with Crippen molar-refractivity contribution in [3.63, 3.8) is 0 Å². The number of hydrogen-bond donors (Lipinski definition) is 7. The van der Waals surface area contributed by atoms with Crippen molar-refractivity contribution in [2.24, 2.45) is 16.7 Å². The Morgan fingerprint density at radius 2 is 1.43 bits per heavy atom. The zero-order valence-corrected chi connectivity index (χ0v) is 38.1. The third-order valence-electron chi connectivity index (χ3n) is 14.9. The molecule has 3 aliphatic carbocycles. The summed E-state index contributed by atoms with van der Waals surface area (Å²) in [7, 11) is 0. The van der Waals surface area contributed by atoms with Gasteiger partial charge in [-0.2, -0.15) is 0 Å². The summed E-state index contributed by atoms with van der Waals surface area (Å²) < 4.78 is 36.8. The lowest BCUT2D eigenvalue weighted by atomic mass is 9.44. The van der Waals surface area contributed by atoms with Gasteiger partial charge in [0.05, 0.1) is 42.3 Å². The highest BCUT2D eigenvalue weighted by atomic mass is 16.7. The van der Waals surface area contributed by atoms with Crippen molar-refractivity contribution >= 4 is 29.6 Å². The van der Waals surface area contributed by atoms with Crippen LogP contribution < -0.4 is 5.32 Å². The maximum Gasteiger partial charge on any atom is 0.338 e. The van der Waals surface area contributed by atoms with Crippen molar-refractivity contribution in [1.29, 1.82) is 0 Å². The molecule has 18 heteroatoms. The minimum atomic E-state index is -2.47. The molecule has 364 valence electrons. The van der Waals surface area contributed by atoms with E-state index in [0.29, 0.717) is 5.56 Å². The van der Waals surface area contributed by atoms with Crippen molar-refractivity contribution in [2.75, 3.05) is 13.2 Å². The minimum absolute atomic E-state index is 0.0280. The van der Waals surface area contributed by atoms with Gasteiger partial charge in [0, 0.05) is 30.7 Å². The largest absolute Gasteiger partial charge is 0.456 e. The quantitative estimate of drug-likeness (QED) is 0.0818. The smallest absolute Gasteiger partial charge is 0.338 e. The van der Waals surface area contributed by atoms with E-state index < -0.39 is 138 Å². The van der Waals surface area contributed by atoms with E-state index in [-0.39, 0.29) is 35.3 Å². The summed E-state index contributed by atoms with van der Waals surface area (Å²) in [5.74, 6) is -6.29. The molecule has 2 saturated heterocycles. The van der Waals surface area contributed by atoms with Crippen LogP contribution in [0.15, 0.2) is 102 Å². The van der Waals surface area contributed by atoms with Gasteiger partial charge in [-0.05, 0) is 54.8 Å². The molecule has 0 unspecified atom stereocenters. The average Bonchev–Trinajstić information content (AvgIpc) is 3.31. The molecule has 5 aliphatic rings. The van der Waals surface area contributed by atoms with Crippen LogP contribution in [0.2, 0.25) is 0 Å². The molecule has 1 amide bonds. The second-order valence-electron chi connectivity index (χ2n) is 19.1. The van der Waals surface area contributed by atoms with Gasteiger partial charge >= 0.3 is 17.9 Å². The summed E-state index contributed by atoms with van der Waals surface area (Å²) in [6.45, 7) is 6.21. The van der Waals surface area contributed by atoms with E-state index in [1.54, 1.807) is 78.9 Å². The molecule has 2 aliphatic heterocycles. The fourth-order valence-corrected chi connectivity index (χ4v) is 11.2. The van der Waals surface area contributed by atoms with Gasteiger partial charge in [0.25, 0.3) is 5.91 Å². The van der Waals surface area contributed by atoms with Crippen LogP contribution in [-0.4, -0.2) is 146 Å². The van der Waals surface area contributed by atoms with Crippen molar-refractivity contribution in [2.45, 2.75) is 126 Å². The lowest BCUT2D eigenvalue weighted by molar-refractivity contribution is -0.366. The zero-order valence-electron chi connectivity index (χ0n) is 38.1. The van der Waals surface area contributed by atoms with Crippen molar-refractivity contribution < 1.29 is 83.0 Å². The van der Waals surface area contributed by atoms with Crippen LogP contribution in [0.5, 0.6) is 0 Å². The first kappa shape index (κ1) is 49.0. The van der Waals surface area contributed by atoms with Crippen LogP contribution in [0.25, 0.3) is 0 Å². The van der Waals surface area contributed by atoms with Crippen molar-refractivity contribution in [3.8, 4) is 0 Å². The van der Waals surface area contributed by atoms with Crippen molar-refractivity contribution in [3.05, 3.63) is 119 Å². The number of nitrogens with one attached hydrogen (secondary N) is 1. The molecule has 2 heterocycles. The highest BCUT2D eigenvalue weighted by Crippen LogP contribution is 2.65. The van der Waals surface area contributed by atoms with Gasteiger partial charge in [-0.1, -0.05) is 80.6 Å². The number of ketones is 1. The summed E-state index contributed by atoms with van der Waals surface area (Å²) in [5.41, 5.74) is -7.60. The number of amides is 1. The first-order valence-corrected chi connectivity index (χ1v) is 22.5. The lowest BCUT2D eigenvalue weighted by Gasteiger charge is -2.68. The minimum Gasteiger partial charge on any atom is -0.456 e. The molecule has 2 bridgehead atoms. The van der Waals surface area contributed by atoms with E-state index in [9.17, 15) is 49.8 Å². The predicted molar refractivity (Wildman–Crippen MR) is 235 cm³/mol. The van der Waals surface area contributed by atoms with E-state index >= 15 is 4.79 Å². The number of Topliss-reactive ketones (excluding diaryl/α,β-unsaturated/α-hetero) is 1. The molecule has 2 saturated carbocycles. The van der Waals surface area contributed by atoms with Crippen LogP contribution in [0, 0.1) is 16.7 Å². The highest BCUT2D eigenvalue weighted by Gasteiger charge is 2.78. The Morgan fingerprint density at radius 1 is 0.824 bits per heavy atom. The molecule has 3 aromatic carbocycles. The first-order valence-electron chi connectivity index (χ1n) is 22.5. The topological polar surface area (TPSA) is 274 Å². The number of ether oxygens (including phenoxy) is 6. The molecule has 0 radical (unpaired) electrons. The number of carbonyl (C=O) groups is 5. The number of aliphatic hydroxyl groups excluding tert-OH is 5. The van der Waals surface area contributed by atoms with Gasteiger partial charge in [-0.3, -0.25) is 14.4 Å². The first-order chi connectivity index (χ1) is 32.2. The number of benzene rings is 3. The standard InChI is InChI=1S/C50H57NO17/c1-25-31(65-45(61)38(56)35(27-15-9-6-10-16-27)51-43(59)28-17-11-7-12-18-28)22-50(62)42(67-44(60)29-19-13-8-14-20-29)40-48(5,41(58)37(55)34(25)47(50,3)4)32(21-33-49(40,24-64-33)68-26(2)52)66-46-39(57)36(54)30(53)23-63-46/h6-20,30-33,35-40,42,46,53-57,62H,21-24H2,1-5H3,(H,51,59)/t30-,31+,32-,33+,35+,36-,37+,38+,39-,40+,42+,46-,48-,49+,50+/m0/s1. The third kappa shape index (κ3) is 8.14. The lowest BCUT2D eigenvalue weighted by Crippen LogP contribution is -2.82. The summed E-state index contributed by atoms with van der Waals surface area (Å²) in [5, 5.41) is 72.9. The number of hydrogen-bond acceptors (Lipinski definition) is 17. The van der Waals surface area contributed by atoms with Crippen LogP contribution in [0.3, 0.4) is 0 Å². The van der Waals surface area contributed by atoms with E-state index in [2.05, 4.69) is 5.32 Å². The van der Waals surface area contributed by atoms with Crippen LogP contribution >= 0.6 is 0 Å². The predicted octanol–water partition coefficient (Wildman–Crippen LogP) is 1.63. The number of carbonyl (C=O) groups excluding carboxylic acids is 5. The van der Waals surface area contributed by atoms with Crippen LogP contribution in [0.1, 0.15) is 79.8 Å². The number of rotatable bonds is 11. The second-order valence-corrected chi connectivity index (χ2v) is 19.1. The van der Waals surface area contributed by atoms with Gasteiger partial charge in [0.2, 0.25) is 0 Å². The molecular formula is C50H57NO17. The van der Waals surface area contributed by atoms with Gasteiger partial charge in [0.1, 0.15) is 48.3 Å². The van der Waals surface area contributed by atoms with Crippen molar-refractivity contribution in [1.82, 2.24) is 5.32 Å². The number of aliphatic hydroxyl groups is 6. The van der Waals surface area contributed by atoms with Gasteiger partial charge < -0.3 is 64.4 Å². The van der Waals surface area contributed by atoms with Gasteiger partial charge in [0.15, 0.2) is 23.8 Å². The molecule has 8 rings (SSSR count). The maximum atomic E-state index is 15.7. The Balaban J connectivity index is 1.26. The molecule has 0 spiro atoms. The maximum absolute atomic E-state index is 15.7. The van der Waals surface area contributed by atoms with E-state index in [1.807, 2.05) is 0 Å². The van der Waals surface area contributed by atoms with Gasteiger partial charge in [-0.15, -0.1) is 0 Å². The molecular weight excluding hydrogens is 887 g/mol. The molecule has 68 heavy (non-hydrogen) atoms. The SMILES string of the molecule is CC(=O)O[C@]12CO[C@@H]1C[C@H](O[C@@H]1OC[C@H](O)[C@H](O)[C@@H]1O)[C@]1(C)C(=O)[C@H](O)C3=C(C)[C@H](OC(=O)[C@H](O)[C@H](NC(=O)c4ccccc4)c4ccccc4)C[C@@](O)([C@H](OC(=O)c4ccccc4)[C@@H]21)C3(C)C. The molecule has 4 fully saturated rings. The highest BCUT2D eigenvalue weighted by molar-refractivity contribution is 5.95. The van der Waals surface area contributed by atoms with E-state index in [0.717, 1.165) is 6.92 Å². The molecule has 3 aromatic rings. The average molecular weight is 944 g/mol. The molecule has 18 nitrogen and oxygen atoms in total. The Labute approximate surface area is 391 Å². The Kier molecular flexibility index (Phi) is 13.3. The van der Waals surface area contributed by atoms with E-state index in [1.165, 1.54) is 39.8 Å². The number of fused-ring (bicyclic) bond motifs is 5. The Morgan fingerprint density at radius 3 is 2.01 bits per heavy atom. The fourth-order valence-electron chi connectivity index (χ4n) is 11.2.